The van der Waals surface area contributed by atoms with E-state index in [1.807, 2.05) is 6.07 Å². The SMILES string of the molecule is COc1cc2c(cc1OC)-c1c(Cc3ccc(C)cc3)c3ccc(OC)c(OC)c3c[n+]1CC2.[Br-]. The number of aromatic nitrogens is 1. The number of pyridine rings is 1. The zero-order valence-electron chi connectivity index (χ0n) is 20.8. The van der Waals surface area contributed by atoms with E-state index in [-0.39, 0.29) is 17.0 Å². The molecule has 0 spiro atoms. The molecule has 0 atom stereocenters. The maximum atomic E-state index is 5.82. The molecule has 0 amide bonds. The lowest BCUT2D eigenvalue weighted by molar-refractivity contribution is -0.686. The topological polar surface area (TPSA) is 40.8 Å². The zero-order valence-corrected chi connectivity index (χ0v) is 22.4. The summed E-state index contributed by atoms with van der Waals surface area (Å²) < 4.78 is 25.0. The molecule has 3 aromatic carbocycles. The maximum absolute atomic E-state index is 5.82. The summed E-state index contributed by atoms with van der Waals surface area (Å²) in [6, 6.07) is 17.1. The number of aryl methyl sites for hydroxylation is 3. The predicted molar refractivity (Wildman–Crippen MR) is 133 cm³/mol. The van der Waals surface area contributed by atoms with Crippen molar-refractivity contribution in [1.29, 1.82) is 0 Å². The summed E-state index contributed by atoms with van der Waals surface area (Å²) in [7, 11) is 6.75. The van der Waals surface area contributed by atoms with Crippen LogP contribution in [-0.2, 0) is 19.4 Å². The molecule has 6 heteroatoms. The first-order valence-corrected chi connectivity index (χ1v) is 11.5. The van der Waals surface area contributed by atoms with Gasteiger partial charge in [0.25, 0.3) is 0 Å². The van der Waals surface area contributed by atoms with Gasteiger partial charge in [-0.1, -0.05) is 29.8 Å². The second-order valence-corrected chi connectivity index (χ2v) is 8.69. The lowest BCUT2D eigenvalue weighted by atomic mass is 9.88. The van der Waals surface area contributed by atoms with E-state index in [9.17, 15) is 0 Å². The predicted octanol–water partition coefficient (Wildman–Crippen LogP) is 2.29. The van der Waals surface area contributed by atoms with Crippen molar-refractivity contribution in [2.45, 2.75) is 26.3 Å². The Hall–Kier alpha value is -3.25. The first kappa shape index (κ1) is 24.9. The fourth-order valence-corrected chi connectivity index (χ4v) is 5.04. The maximum Gasteiger partial charge on any atom is 0.217 e. The molecule has 1 aliphatic rings. The lowest BCUT2D eigenvalue weighted by Gasteiger charge is -2.22. The van der Waals surface area contributed by atoms with Gasteiger partial charge in [-0.25, -0.2) is 0 Å². The Morgan fingerprint density at radius 1 is 0.771 bits per heavy atom. The van der Waals surface area contributed by atoms with Gasteiger partial charge < -0.3 is 35.9 Å². The van der Waals surface area contributed by atoms with Gasteiger partial charge in [0.1, 0.15) is 0 Å². The molecule has 4 aromatic rings. The Bertz CT molecular complexity index is 1380. The number of hydrogen-bond acceptors (Lipinski definition) is 4. The Kier molecular flexibility index (Phi) is 7.22. The van der Waals surface area contributed by atoms with Crippen molar-refractivity contribution in [3.63, 3.8) is 0 Å². The van der Waals surface area contributed by atoms with Gasteiger partial charge in [0.05, 0.1) is 39.4 Å². The number of rotatable bonds is 6. The molecule has 0 unspecified atom stereocenters. The molecule has 0 saturated carbocycles. The second kappa shape index (κ2) is 10.2. The molecule has 0 N–H and O–H groups in total. The number of fused-ring (bicyclic) bond motifs is 4. The minimum absolute atomic E-state index is 0. The Morgan fingerprint density at radius 3 is 2.11 bits per heavy atom. The van der Waals surface area contributed by atoms with Crippen LogP contribution in [0.25, 0.3) is 22.0 Å². The minimum Gasteiger partial charge on any atom is -1.00 e. The molecule has 0 radical (unpaired) electrons. The molecule has 1 aliphatic heterocycles. The molecular formula is C29H30BrNO4. The summed E-state index contributed by atoms with van der Waals surface area (Å²) in [5.74, 6) is 3.00. The van der Waals surface area contributed by atoms with Gasteiger partial charge in [0.15, 0.2) is 35.7 Å². The molecule has 2 heterocycles. The van der Waals surface area contributed by atoms with Gasteiger partial charge >= 0.3 is 0 Å². The molecule has 0 fully saturated rings. The molecule has 1 aromatic heterocycles. The van der Waals surface area contributed by atoms with Crippen LogP contribution in [0, 0.1) is 6.92 Å². The average Bonchev–Trinajstić information content (AvgIpc) is 2.87. The fraction of sp³-hybridized carbons (Fsp3) is 0.276. The largest absolute Gasteiger partial charge is 1.00 e. The van der Waals surface area contributed by atoms with Crippen LogP contribution in [-0.4, -0.2) is 28.4 Å². The Morgan fingerprint density at radius 2 is 1.46 bits per heavy atom. The van der Waals surface area contributed by atoms with Gasteiger partial charge in [-0.05, 0) is 42.3 Å². The van der Waals surface area contributed by atoms with E-state index < -0.39 is 0 Å². The summed E-state index contributed by atoms with van der Waals surface area (Å²) >= 11 is 0. The highest BCUT2D eigenvalue weighted by molar-refractivity contribution is 5.95. The van der Waals surface area contributed by atoms with Crippen molar-refractivity contribution in [3.05, 3.63) is 77.0 Å². The van der Waals surface area contributed by atoms with Crippen molar-refractivity contribution in [3.8, 4) is 34.3 Å². The van der Waals surface area contributed by atoms with Crippen LogP contribution in [0.4, 0.5) is 0 Å². The third-order valence-corrected chi connectivity index (χ3v) is 6.76. The Balaban J connectivity index is 0.00000289. The van der Waals surface area contributed by atoms with E-state index in [2.05, 4.69) is 60.2 Å². The molecule has 0 bridgehead atoms. The van der Waals surface area contributed by atoms with Gasteiger partial charge in [-0.2, -0.15) is 4.57 Å². The smallest absolute Gasteiger partial charge is 0.217 e. The molecule has 182 valence electrons. The lowest BCUT2D eigenvalue weighted by Crippen LogP contribution is -3.00. The fourth-order valence-electron chi connectivity index (χ4n) is 5.04. The van der Waals surface area contributed by atoms with Crippen molar-refractivity contribution < 1.29 is 40.5 Å². The normalized spacial score (nSPS) is 11.8. The molecule has 0 aliphatic carbocycles. The number of halogens is 1. The number of nitrogens with zero attached hydrogens (tertiary/aromatic N) is 1. The van der Waals surface area contributed by atoms with E-state index in [1.54, 1.807) is 28.4 Å². The third kappa shape index (κ3) is 4.31. The highest BCUT2D eigenvalue weighted by atomic mass is 79.9. The van der Waals surface area contributed by atoms with Crippen LogP contribution < -0.4 is 40.5 Å². The van der Waals surface area contributed by atoms with E-state index in [4.69, 9.17) is 18.9 Å². The Labute approximate surface area is 217 Å². The van der Waals surface area contributed by atoms with Crippen molar-refractivity contribution in [2.75, 3.05) is 28.4 Å². The minimum atomic E-state index is 0. The monoisotopic (exact) mass is 535 g/mol. The van der Waals surface area contributed by atoms with Gasteiger partial charge in [0, 0.05) is 23.8 Å². The summed E-state index contributed by atoms with van der Waals surface area (Å²) in [4.78, 5) is 0. The van der Waals surface area contributed by atoms with E-state index >= 15 is 0 Å². The van der Waals surface area contributed by atoms with Crippen LogP contribution in [0.15, 0.2) is 54.7 Å². The van der Waals surface area contributed by atoms with Crippen LogP contribution in [0.1, 0.15) is 22.3 Å². The van der Waals surface area contributed by atoms with Crippen LogP contribution >= 0.6 is 0 Å². The number of benzene rings is 3. The number of hydrogen-bond donors (Lipinski definition) is 0. The second-order valence-electron chi connectivity index (χ2n) is 8.69. The average molecular weight is 536 g/mol. The van der Waals surface area contributed by atoms with Crippen LogP contribution in [0.2, 0.25) is 0 Å². The summed E-state index contributed by atoms with van der Waals surface area (Å²) in [6.45, 7) is 2.99. The number of ether oxygens (including phenoxy) is 4. The van der Waals surface area contributed by atoms with Crippen molar-refractivity contribution >= 4 is 10.8 Å². The summed E-state index contributed by atoms with van der Waals surface area (Å²) in [6.07, 6.45) is 3.91. The molecule has 0 saturated heterocycles. The van der Waals surface area contributed by atoms with E-state index in [1.165, 1.54) is 33.5 Å². The quantitative estimate of drug-likeness (QED) is 0.355. The van der Waals surface area contributed by atoms with Gasteiger partial charge in [-0.15, -0.1) is 0 Å². The first-order valence-electron chi connectivity index (χ1n) is 11.5. The van der Waals surface area contributed by atoms with Gasteiger partial charge in [0.2, 0.25) is 5.69 Å². The molecule has 5 rings (SSSR count). The van der Waals surface area contributed by atoms with E-state index in [0.29, 0.717) is 0 Å². The third-order valence-electron chi connectivity index (χ3n) is 6.76. The first-order chi connectivity index (χ1) is 16.6. The molecule has 5 nitrogen and oxygen atoms in total. The van der Waals surface area contributed by atoms with Crippen molar-refractivity contribution in [1.82, 2.24) is 0 Å². The standard InChI is InChI=1S/C29H30NO4.BrH/c1-18-6-8-19(9-7-18)14-23-21-10-11-25(31-2)29(34-5)24(21)17-30-13-12-20-15-26(32-3)27(33-4)16-22(20)28(23)30;/h6-11,15-17H,12-14H2,1-5H3;1H/q+1;/p-1. The summed E-state index contributed by atoms with van der Waals surface area (Å²) in [5, 5.41) is 2.21. The number of methoxy groups -OCH3 is 4. The van der Waals surface area contributed by atoms with Crippen LogP contribution in [0.5, 0.6) is 23.0 Å². The zero-order chi connectivity index (χ0) is 23.8. The molecular weight excluding hydrogens is 506 g/mol. The van der Waals surface area contributed by atoms with E-state index in [0.717, 1.165) is 53.2 Å². The highest BCUT2D eigenvalue weighted by Gasteiger charge is 2.31. The van der Waals surface area contributed by atoms with Crippen LogP contribution in [0.3, 0.4) is 0 Å². The van der Waals surface area contributed by atoms with Crippen molar-refractivity contribution in [2.24, 2.45) is 0 Å². The van der Waals surface area contributed by atoms with Gasteiger partial charge in [-0.3, -0.25) is 0 Å². The summed E-state index contributed by atoms with van der Waals surface area (Å²) in [5.41, 5.74) is 7.44. The molecule has 35 heavy (non-hydrogen) atoms. The highest BCUT2D eigenvalue weighted by Crippen LogP contribution is 2.43.